The van der Waals surface area contributed by atoms with Gasteiger partial charge < -0.3 is 4.74 Å². The molecule has 0 spiro atoms. The van der Waals surface area contributed by atoms with Crippen LogP contribution >= 0.6 is 11.8 Å². The molecule has 0 radical (unpaired) electrons. The van der Waals surface area contributed by atoms with Crippen LogP contribution in [0.2, 0.25) is 0 Å². The standard InChI is InChI=1S/C18H14FN5O3S/c1-10-3-4-11(7-15(10)24(25)26)14-9-28-18-21-20-17(23(18)22-14)13-8-12(19)5-6-16(13)27-2/h3-8H,9H2,1-2H3. The van der Waals surface area contributed by atoms with Crippen LogP contribution in [0.4, 0.5) is 10.1 Å². The van der Waals surface area contributed by atoms with Crippen molar-refractivity contribution in [2.45, 2.75) is 12.1 Å². The first-order valence-corrected chi connectivity index (χ1v) is 9.22. The molecular weight excluding hydrogens is 385 g/mol. The maximum atomic E-state index is 13.8. The molecule has 1 aromatic heterocycles. The molecular formula is C18H14FN5O3S. The van der Waals surface area contributed by atoms with E-state index in [9.17, 15) is 14.5 Å². The van der Waals surface area contributed by atoms with Gasteiger partial charge in [-0.3, -0.25) is 10.1 Å². The number of methoxy groups -OCH3 is 1. The van der Waals surface area contributed by atoms with Crippen molar-refractivity contribution in [3.05, 3.63) is 63.5 Å². The first kappa shape index (κ1) is 18.1. The lowest BCUT2D eigenvalue weighted by Gasteiger charge is -2.15. The molecule has 0 bridgehead atoms. The first-order valence-electron chi connectivity index (χ1n) is 8.23. The smallest absolute Gasteiger partial charge is 0.272 e. The Morgan fingerprint density at radius 2 is 2.07 bits per heavy atom. The van der Waals surface area contributed by atoms with Gasteiger partial charge in [-0.1, -0.05) is 23.9 Å². The van der Waals surface area contributed by atoms with Crippen LogP contribution < -0.4 is 4.74 Å². The molecule has 0 unspecified atom stereocenters. The molecule has 2 heterocycles. The third kappa shape index (κ3) is 3.11. The summed E-state index contributed by atoms with van der Waals surface area (Å²) in [7, 11) is 1.49. The summed E-state index contributed by atoms with van der Waals surface area (Å²) in [5, 5.41) is 24.6. The number of aromatic nitrogens is 3. The number of benzene rings is 2. The van der Waals surface area contributed by atoms with Crippen molar-refractivity contribution in [2.24, 2.45) is 5.10 Å². The Kier molecular flexibility index (Phi) is 4.55. The Labute approximate surface area is 163 Å². The average Bonchev–Trinajstić information content (AvgIpc) is 3.11. The minimum Gasteiger partial charge on any atom is -0.496 e. The Morgan fingerprint density at radius 3 is 2.82 bits per heavy atom. The minimum atomic E-state index is -0.435. The Hall–Kier alpha value is -3.27. The third-order valence-electron chi connectivity index (χ3n) is 4.31. The molecule has 0 fully saturated rings. The van der Waals surface area contributed by atoms with E-state index in [2.05, 4.69) is 15.3 Å². The fourth-order valence-electron chi connectivity index (χ4n) is 2.88. The number of hydrogen-bond acceptors (Lipinski definition) is 7. The molecule has 0 N–H and O–H groups in total. The second-order valence-corrected chi connectivity index (χ2v) is 7.00. The molecule has 28 heavy (non-hydrogen) atoms. The highest BCUT2D eigenvalue weighted by Crippen LogP contribution is 2.34. The van der Waals surface area contributed by atoms with Crippen LogP contribution in [0.15, 0.2) is 46.7 Å². The quantitative estimate of drug-likeness (QED) is 0.491. The van der Waals surface area contributed by atoms with Gasteiger partial charge in [0.15, 0.2) is 5.82 Å². The van der Waals surface area contributed by atoms with Gasteiger partial charge in [0.1, 0.15) is 11.6 Å². The molecule has 0 aliphatic carbocycles. The Morgan fingerprint density at radius 1 is 1.25 bits per heavy atom. The van der Waals surface area contributed by atoms with Crippen LogP contribution in [-0.4, -0.2) is 38.4 Å². The Balaban J connectivity index is 1.82. The molecule has 10 heteroatoms. The average molecular weight is 399 g/mol. The lowest BCUT2D eigenvalue weighted by atomic mass is 10.1. The largest absolute Gasteiger partial charge is 0.496 e. The van der Waals surface area contributed by atoms with Gasteiger partial charge in [-0.15, -0.1) is 10.2 Å². The van der Waals surface area contributed by atoms with Crippen molar-refractivity contribution in [2.75, 3.05) is 12.9 Å². The van der Waals surface area contributed by atoms with Gasteiger partial charge in [-0.05, 0) is 25.1 Å². The molecule has 0 amide bonds. The van der Waals surface area contributed by atoms with E-state index in [1.165, 1.54) is 47.8 Å². The van der Waals surface area contributed by atoms with Crippen LogP contribution in [0.3, 0.4) is 0 Å². The Bertz CT molecular complexity index is 1130. The fraction of sp³-hybridized carbons (Fsp3) is 0.167. The molecule has 0 atom stereocenters. The summed E-state index contributed by atoms with van der Waals surface area (Å²) >= 11 is 1.40. The van der Waals surface area contributed by atoms with Crippen molar-refractivity contribution < 1.29 is 14.1 Å². The van der Waals surface area contributed by atoms with Crippen molar-refractivity contribution in [1.82, 2.24) is 14.9 Å². The maximum Gasteiger partial charge on any atom is 0.272 e. The number of aryl methyl sites for hydroxylation is 1. The second kappa shape index (κ2) is 7.04. The number of hydrogen-bond donors (Lipinski definition) is 0. The molecule has 0 saturated carbocycles. The monoisotopic (exact) mass is 399 g/mol. The molecule has 8 nitrogen and oxygen atoms in total. The maximum absolute atomic E-state index is 13.8. The normalized spacial score (nSPS) is 13.0. The van der Waals surface area contributed by atoms with E-state index in [4.69, 9.17) is 4.74 Å². The third-order valence-corrected chi connectivity index (χ3v) is 5.24. The summed E-state index contributed by atoms with van der Waals surface area (Å²) in [5.41, 5.74) is 2.31. The van der Waals surface area contributed by atoms with Gasteiger partial charge in [-0.25, -0.2) is 4.39 Å². The van der Waals surface area contributed by atoms with Gasteiger partial charge in [0.2, 0.25) is 5.16 Å². The zero-order chi connectivity index (χ0) is 19.8. The minimum absolute atomic E-state index is 0.0341. The number of fused-ring (bicyclic) bond motifs is 1. The summed E-state index contributed by atoms with van der Waals surface area (Å²) in [5.74, 6) is 0.820. The number of nitrogens with zero attached hydrogens (tertiary/aromatic N) is 5. The summed E-state index contributed by atoms with van der Waals surface area (Å²) in [6.45, 7) is 1.69. The predicted octanol–water partition coefficient (Wildman–Crippen LogP) is 3.67. The van der Waals surface area contributed by atoms with Crippen molar-refractivity contribution in [1.29, 1.82) is 0 Å². The highest BCUT2D eigenvalue weighted by Gasteiger charge is 2.24. The van der Waals surface area contributed by atoms with Crippen LogP contribution in [0.25, 0.3) is 11.4 Å². The predicted molar refractivity (Wildman–Crippen MR) is 102 cm³/mol. The lowest BCUT2D eigenvalue weighted by Crippen LogP contribution is -2.14. The van der Waals surface area contributed by atoms with Gasteiger partial charge in [0, 0.05) is 22.9 Å². The van der Waals surface area contributed by atoms with E-state index >= 15 is 0 Å². The van der Waals surface area contributed by atoms with Crippen molar-refractivity contribution in [3.8, 4) is 17.1 Å². The van der Waals surface area contributed by atoms with Gasteiger partial charge in [0.25, 0.3) is 5.69 Å². The first-order chi connectivity index (χ1) is 13.5. The van der Waals surface area contributed by atoms with Crippen molar-refractivity contribution in [3.63, 3.8) is 0 Å². The summed E-state index contributed by atoms with van der Waals surface area (Å²) in [4.78, 5) is 10.8. The molecule has 3 aromatic rings. The number of ether oxygens (including phenoxy) is 1. The fourth-order valence-corrected chi connectivity index (χ4v) is 3.72. The van der Waals surface area contributed by atoms with Crippen LogP contribution in [0.1, 0.15) is 11.1 Å². The van der Waals surface area contributed by atoms with Gasteiger partial charge >= 0.3 is 0 Å². The SMILES string of the molecule is COc1ccc(F)cc1-c1nnc2n1N=C(c1ccc(C)c([N+](=O)[O-])c1)CS2. The molecule has 142 valence electrons. The number of rotatable bonds is 4. The van der Waals surface area contributed by atoms with E-state index in [0.717, 1.165) is 0 Å². The van der Waals surface area contributed by atoms with Gasteiger partial charge in [-0.2, -0.15) is 9.78 Å². The van der Waals surface area contributed by atoms with Gasteiger partial charge in [0.05, 0.1) is 23.3 Å². The summed E-state index contributed by atoms with van der Waals surface area (Å²) < 4.78 is 20.6. The van der Waals surface area contributed by atoms with E-state index in [1.807, 2.05) is 0 Å². The number of nitro benzene ring substituents is 1. The highest BCUT2D eigenvalue weighted by atomic mass is 32.2. The molecule has 4 rings (SSSR count). The van der Waals surface area contributed by atoms with E-state index in [-0.39, 0.29) is 5.69 Å². The molecule has 1 aliphatic heterocycles. The van der Waals surface area contributed by atoms with E-state index < -0.39 is 10.7 Å². The van der Waals surface area contributed by atoms with Crippen LogP contribution in [0.5, 0.6) is 5.75 Å². The molecule has 2 aromatic carbocycles. The summed E-state index contributed by atoms with van der Waals surface area (Å²) in [6.07, 6.45) is 0. The second-order valence-electron chi connectivity index (χ2n) is 6.06. The molecule has 0 saturated heterocycles. The zero-order valence-corrected chi connectivity index (χ0v) is 15.7. The number of halogens is 1. The number of thioether (sulfide) groups is 1. The van der Waals surface area contributed by atoms with Crippen LogP contribution in [-0.2, 0) is 0 Å². The van der Waals surface area contributed by atoms with Crippen LogP contribution in [0, 0.1) is 22.9 Å². The summed E-state index contributed by atoms with van der Waals surface area (Å²) in [6, 6.07) is 9.10. The zero-order valence-electron chi connectivity index (χ0n) is 14.9. The molecule has 1 aliphatic rings. The van der Waals surface area contributed by atoms with E-state index in [0.29, 0.717) is 44.9 Å². The highest BCUT2D eigenvalue weighted by molar-refractivity contribution is 7.99. The lowest BCUT2D eigenvalue weighted by molar-refractivity contribution is -0.385. The number of nitro groups is 1. The van der Waals surface area contributed by atoms with E-state index in [1.54, 1.807) is 19.1 Å². The topological polar surface area (TPSA) is 95.4 Å². The van der Waals surface area contributed by atoms with Crippen molar-refractivity contribution >= 4 is 23.2 Å².